The molecule has 3 heteroatoms. The highest BCUT2D eigenvalue weighted by Gasteiger charge is 2.50. The average molecular weight is 331 g/mol. The topological polar surface area (TPSA) is 21.6 Å². The Balaban J connectivity index is 1.55. The lowest BCUT2D eigenvalue weighted by molar-refractivity contribution is -0.0133. The standard InChI is InChI=1S/C22H18FNO/c23-20-12-11-16-6-3-4-8-19(16)22(20)14-24-21(25-22)18-10-9-15-5-1-2-7-17(15)13-18/h1-10,13,20H,11-12,14H2/t20-,22-/m0/s1. The van der Waals surface area contributed by atoms with Crippen LogP contribution in [0.2, 0.25) is 0 Å². The maximum Gasteiger partial charge on any atom is 0.217 e. The first-order valence-corrected chi connectivity index (χ1v) is 8.71. The molecule has 5 rings (SSSR count). The van der Waals surface area contributed by atoms with Gasteiger partial charge in [-0.25, -0.2) is 9.38 Å². The minimum absolute atomic E-state index is 0.341. The zero-order chi connectivity index (χ0) is 16.9. The number of rotatable bonds is 1. The lowest BCUT2D eigenvalue weighted by Gasteiger charge is -2.37. The predicted molar refractivity (Wildman–Crippen MR) is 97.8 cm³/mol. The fourth-order valence-corrected chi connectivity index (χ4v) is 4.04. The van der Waals surface area contributed by atoms with E-state index in [1.54, 1.807) is 0 Å². The molecule has 3 aromatic carbocycles. The first-order valence-electron chi connectivity index (χ1n) is 8.71. The number of hydrogen-bond acceptors (Lipinski definition) is 2. The smallest absolute Gasteiger partial charge is 0.217 e. The first kappa shape index (κ1) is 14.6. The highest BCUT2D eigenvalue weighted by molar-refractivity contribution is 5.99. The van der Waals surface area contributed by atoms with Crippen LogP contribution in [0.5, 0.6) is 0 Å². The third-order valence-electron chi connectivity index (χ3n) is 5.38. The van der Waals surface area contributed by atoms with Gasteiger partial charge in [0.05, 0.1) is 6.54 Å². The van der Waals surface area contributed by atoms with Crippen LogP contribution in [0.3, 0.4) is 0 Å². The van der Waals surface area contributed by atoms with E-state index in [-0.39, 0.29) is 0 Å². The summed E-state index contributed by atoms with van der Waals surface area (Å²) in [7, 11) is 0. The first-order chi connectivity index (χ1) is 12.3. The third kappa shape index (κ3) is 2.19. The van der Waals surface area contributed by atoms with Gasteiger partial charge in [-0.3, -0.25) is 0 Å². The molecule has 3 aromatic rings. The van der Waals surface area contributed by atoms with Gasteiger partial charge in [0.2, 0.25) is 5.90 Å². The van der Waals surface area contributed by atoms with Crippen molar-refractivity contribution < 1.29 is 9.13 Å². The second kappa shape index (κ2) is 5.41. The summed E-state index contributed by atoms with van der Waals surface area (Å²) in [6, 6.07) is 22.3. The summed E-state index contributed by atoms with van der Waals surface area (Å²) >= 11 is 0. The Hall–Kier alpha value is -2.68. The largest absolute Gasteiger partial charge is 0.461 e. The summed E-state index contributed by atoms with van der Waals surface area (Å²) in [6.45, 7) is 0.341. The van der Waals surface area contributed by atoms with Crippen LogP contribution in [0.1, 0.15) is 23.1 Å². The van der Waals surface area contributed by atoms with Crippen LogP contribution in [0.15, 0.2) is 71.7 Å². The molecular formula is C22H18FNO. The van der Waals surface area contributed by atoms with Crippen molar-refractivity contribution in [2.45, 2.75) is 24.6 Å². The molecule has 2 nitrogen and oxygen atoms in total. The van der Waals surface area contributed by atoms with Crippen molar-refractivity contribution in [1.82, 2.24) is 0 Å². The van der Waals surface area contributed by atoms with Crippen molar-refractivity contribution in [2.75, 3.05) is 6.54 Å². The zero-order valence-corrected chi connectivity index (χ0v) is 13.8. The van der Waals surface area contributed by atoms with Gasteiger partial charge in [0.25, 0.3) is 0 Å². The molecule has 1 aliphatic heterocycles. The second-order valence-corrected chi connectivity index (χ2v) is 6.84. The Bertz CT molecular complexity index is 996. The van der Waals surface area contributed by atoms with Crippen molar-refractivity contribution in [3.8, 4) is 0 Å². The zero-order valence-electron chi connectivity index (χ0n) is 13.8. The van der Waals surface area contributed by atoms with Gasteiger partial charge in [0.1, 0.15) is 6.17 Å². The Labute approximate surface area is 146 Å². The molecule has 0 bridgehead atoms. The van der Waals surface area contributed by atoms with Crippen LogP contribution in [-0.4, -0.2) is 18.6 Å². The molecule has 25 heavy (non-hydrogen) atoms. The summed E-state index contributed by atoms with van der Waals surface area (Å²) in [6.07, 6.45) is 0.203. The summed E-state index contributed by atoms with van der Waals surface area (Å²) in [5.41, 5.74) is 2.07. The molecule has 0 aromatic heterocycles. The number of nitrogens with zero attached hydrogens (tertiary/aromatic N) is 1. The lowest BCUT2D eigenvalue weighted by atomic mass is 9.78. The van der Waals surface area contributed by atoms with Crippen LogP contribution in [0.4, 0.5) is 4.39 Å². The fourth-order valence-electron chi connectivity index (χ4n) is 4.04. The van der Waals surface area contributed by atoms with E-state index in [4.69, 9.17) is 4.74 Å². The summed E-state index contributed by atoms with van der Waals surface area (Å²) in [5.74, 6) is 0.546. The number of halogens is 1. The quantitative estimate of drug-likeness (QED) is 0.628. The van der Waals surface area contributed by atoms with E-state index < -0.39 is 11.8 Å². The van der Waals surface area contributed by atoms with Gasteiger partial charge < -0.3 is 4.74 Å². The second-order valence-electron chi connectivity index (χ2n) is 6.84. The van der Waals surface area contributed by atoms with E-state index in [0.717, 1.165) is 22.9 Å². The van der Waals surface area contributed by atoms with Gasteiger partial charge in [0.15, 0.2) is 5.60 Å². The predicted octanol–water partition coefficient (Wildman–Crippen LogP) is 4.80. The van der Waals surface area contributed by atoms with Gasteiger partial charge in [-0.1, -0.05) is 54.6 Å². The van der Waals surface area contributed by atoms with E-state index in [1.807, 2.05) is 36.4 Å². The number of aliphatic imine (C=N–C) groups is 1. The van der Waals surface area contributed by atoms with E-state index >= 15 is 0 Å². The van der Waals surface area contributed by atoms with Crippen molar-refractivity contribution in [2.24, 2.45) is 4.99 Å². The molecule has 124 valence electrons. The van der Waals surface area contributed by atoms with Crippen LogP contribution in [0, 0.1) is 0 Å². The number of hydrogen-bond donors (Lipinski definition) is 0. The molecule has 0 amide bonds. The molecule has 0 saturated heterocycles. The van der Waals surface area contributed by atoms with E-state index in [9.17, 15) is 4.39 Å². The van der Waals surface area contributed by atoms with Crippen LogP contribution < -0.4 is 0 Å². The van der Waals surface area contributed by atoms with Crippen molar-refractivity contribution in [3.05, 3.63) is 83.4 Å². The fraction of sp³-hybridized carbons (Fsp3) is 0.227. The maximum absolute atomic E-state index is 15.0. The third-order valence-corrected chi connectivity index (χ3v) is 5.38. The molecule has 1 spiro atoms. The van der Waals surface area contributed by atoms with Crippen LogP contribution >= 0.6 is 0 Å². The Morgan fingerprint density at radius 2 is 1.76 bits per heavy atom. The molecule has 1 aliphatic carbocycles. The molecule has 2 aliphatic rings. The summed E-state index contributed by atoms with van der Waals surface area (Å²) < 4.78 is 21.2. The Morgan fingerprint density at radius 1 is 0.960 bits per heavy atom. The highest BCUT2D eigenvalue weighted by Crippen LogP contribution is 2.44. The minimum Gasteiger partial charge on any atom is -0.461 e. The number of aryl methyl sites for hydroxylation is 1. The number of ether oxygens (including phenoxy) is 1. The van der Waals surface area contributed by atoms with Crippen LogP contribution in [0.25, 0.3) is 10.8 Å². The monoisotopic (exact) mass is 331 g/mol. The lowest BCUT2D eigenvalue weighted by Crippen LogP contribution is -2.44. The minimum atomic E-state index is -1.04. The molecule has 2 atom stereocenters. The number of fused-ring (bicyclic) bond motifs is 3. The summed E-state index contributed by atoms with van der Waals surface area (Å²) in [5, 5.41) is 2.30. The van der Waals surface area contributed by atoms with Crippen LogP contribution in [-0.2, 0) is 16.8 Å². The highest BCUT2D eigenvalue weighted by atomic mass is 19.1. The summed E-state index contributed by atoms with van der Waals surface area (Å²) in [4.78, 5) is 4.59. The molecule has 0 unspecified atom stereocenters. The number of alkyl halides is 1. The molecule has 0 N–H and O–H groups in total. The SMILES string of the molecule is F[C@H]1CCc2ccccc2[C@@]12CN=C(c1ccc3ccccc3c1)O2. The van der Waals surface area contributed by atoms with Gasteiger partial charge in [-0.2, -0.15) is 0 Å². The Kier molecular flexibility index (Phi) is 3.17. The van der Waals surface area contributed by atoms with Gasteiger partial charge in [-0.05, 0) is 41.3 Å². The van der Waals surface area contributed by atoms with E-state index in [0.29, 0.717) is 18.9 Å². The van der Waals surface area contributed by atoms with Crippen molar-refractivity contribution in [3.63, 3.8) is 0 Å². The maximum atomic E-state index is 15.0. The molecular weight excluding hydrogens is 313 g/mol. The van der Waals surface area contributed by atoms with Gasteiger partial charge >= 0.3 is 0 Å². The Morgan fingerprint density at radius 3 is 2.68 bits per heavy atom. The molecule has 0 radical (unpaired) electrons. The molecule has 1 heterocycles. The average Bonchev–Trinajstić information content (AvgIpc) is 3.11. The van der Waals surface area contributed by atoms with Gasteiger partial charge in [0, 0.05) is 11.1 Å². The normalized spacial score (nSPS) is 24.8. The molecule has 0 fully saturated rings. The molecule has 0 saturated carbocycles. The van der Waals surface area contributed by atoms with E-state index in [1.165, 1.54) is 10.9 Å². The van der Waals surface area contributed by atoms with Gasteiger partial charge in [-0.15, -0.1) is 0 Å². The van der Waals surface area contributed by atoms with Crippen molar-refractivity contribution in [1.29, 1.82) is 0 Å². The van der Waals surface area contributed by atoms with E-state index in [2.05, 4.69) is 35.3 Å². The number of benzene rings is 3. The van der Waals surface area contributed by atoms with Crippen molar-refractivity contribution >= 4 is 16.7 Å².